The summed E-state index contributed by atoms with van der Waals surface area (Å²) in [5, 5.41) is 9.55. The molecule has 2 aromatic heterocycles. The SMILES string of the molecule is COc1ccc(-c2csc(Nc3nc4c(c(-c5ccccc5)n3)CNCC4)n2)cc1. The third kappa shape index (κ3) is 3.77. The number of hydrogen-bond acceptors (Lipinski definition) is 7. The maximum absolute atomic E-state index is 5.23. The van der Waals surface area contributed by atoms with Crippen LogP contribution in [0.5, 0.6) is 5.75 Å². The number of aromatic nitrogens is 3. The molecule has 1 aliphatic rings. The van der Waals surface area contributed by atoms with Gasteiger partial charge >= 0.3 is 0 Å². The van der Waals surface area contributed by atoms with Gasteiger partial charge in [-0.05, 0) is 24.3 Å². The van der Waals surface area contributed by atoms with Crippen LogP contribution in [-0.4, -0.2) is 28.6 Å². The number of rotatable bonds is 5. The highest BCUT2D eigenvalue weighted by Gasteiger charge is 2.19. The number of methoxy groups -OCH3 is 1. The molecule has 7 heteroatoms. The van der Waals surface area contributed by atoms with Crippen LogP contribution in [0.25, 0.3) is 22.5 Å². The zero-order valence-electron chi connectivity index (χ0n) is 16.6. The largest absolute Gasteiger partial charge is 0.497 e. The Morgan fingerprint density at radius 1 is 0.967 bits per heavy atom. The summed E-state index contributed by atoms with van der Waals surface area (Å²) in [6, 6.07) is 18.2. The van der Waals surface area contributed by atoms with Crippen LogP contribution < -0.4 is 15.4 Å². The van der Waals surface area contributed by atoms with E-state index in [4.69, 9.17) is 19.7 Å². The van der Waals surface area contributed by atoms with Crippen molar-refractivity contribution < 1.29 is 4.74 Å². The molecule has 0 saturated heterocycles. The summed E-state index contributed by atoms with van der Waals surface area (Å²) in [5.41, 5.74) is 6.30. The Hall–Kier alpha value is -3.29. The predicted octanol–water partition coefficient (Wildman–Crippen LogP) is 4.67. The summed E-state index contributed by atoms with van der Waals surface area (Å²) in [7, 11) is 1.66. The van der Waals surface area contributed by atoms with E-state index in [-0.39, 0.29) is 0 Å². The third-order valence-electron chi connectivity index (χ3n) is 5.09. The van der Waals surface area contributed by atoms with E-state index in [9.17, 15) is 0 Å². The molecule has 0 saturated carbocycles. The van der Waals surface area contributed by atoms with Crippen molar-refractivity contribution in [1.82, 2.24) is 20.3 Å². The maximum atomic E-state index is 5.23. The molecule has 6 nitrogen and oxygen atoms in total. The first-order valence-electron chi connectivity index (χ1n) is 9.83. The standard InChI is InChI=1S/C23H21N5OS/c1-29-17-9-7-15(8-10-17)20-14-30-23(26-20)28-22-25-19-11-12-24-13-18(19)21(27-22)16-5-3-2-4-6-16/h2-10,14,24H,11-13H2,1H3,(H,25,26,27,28). The van der Waals surface area contributed by atoms with Crippen molar-refractivity contribution in [3.63, 3.8) is 0 Å². The van der Waals surface area contributed by atoms with Crippen LogP contribution in [-0.2, 0) is 13.0 Å². The average molecular weight is 416 g/mol. The van der Waals surface area contributed by atoms with E-state index in [1.807, 2.05) is 47.8 Å². The average Bonchev–Trinajstić information content (AvgIpc) is 3.27. The van der Waals surface area contributed by atoms with Crippen molar-refractivity contribution in [3.05, 3.63) is 71.2 Å². The van der Waals surface area contributed by atoms with Gasteiger partial charge in [0, 0.05) is 41.6 Å². The Morgan fingerprint density at radius 3 is 2.60 bits per heavy atom. The summed E-state index contributed by atoms with van der Waals surface area (Å²) in [5.74, 6) is 1.42. The molecule has 2 aromatic carbocycles. The Morgan fingerprint density at radius 2 is 1.80 bits per heavy atom. The Bertz CT molecular complexity index is 1160. The number of nitrogens with one attached hydrogen (secondary N) is 2. The summed E-state index contributed by atoms with van der Waals surface area (Å²) < 4.78 is 5.23. The van der Waals surface area contributed by atoms with E-state index in [0.29, 0.717) is 5.95 Å². The van der Waals surface area contributed by atoms with E-state index in [1.165, 1.54) is 5.56 Å². The van der Waals surface area contributed by atoms with Gasteiger partial charge in [-0.1, -0.05) is 30.3 Å². The predicted molar refractivity (Wildman–Crippen MR) is 120 cm³/mol. The summed E-state index contributed by atoms with van der Waals surface area (Å²) in [4.78, 5) is 14.4. The van der Waals surface area contributed by atoms with Crippen LogP contribution in [0.3, 0.4) is 0 Å². The van der Waals surface area contributed by atoms with Crippen LogP contribution in [0.4, 0.5) is 11.1 Å². The minimum atomic E-state index is 0.588. The fraction of sp³-hybridized carbons (Fsp3) is 0.174. The van der Waals surface area contributed by atoms with Crippen LogP contribution >= 0.6 is 11.3 Å². The minimum Gasteiger partial charge on any atom is -0.497 e. The molecule has 0 unspecified atom stereocenters. The fourth-order valence-corrected chi connectivity index (χ4v) is 4.27. The van der Waals surface area contributed by atoms with Gasteiger partial charge in [0.2, 0.25) is 5.95 Å². The first kappa shape index (κ1) is 18.7. The molecule has 4 aromatic rings. The Balaban J connectivity index is 1.46. The van der Waals surface area contributed by atoms with E-state index < -0.39 is 0 Å². The van der Waals surface area contributed by atoms with Gasteiger partial charge < -0.3 is 15.4 Å². The second kappa shape index (κ2) is 8.22. The van der Waals surface area contributed by atoms with E-state index in [1.54, 1.807) is 18.4 Å². The quantitative estimate of drug-likeness (QED) is 0.494. The van der Waals surface area contributed by atoms with Crippen molar-refractivity contribution in [1.29, 1.82) is 0 Å². The number of thiazole rings is 1. The zero-order valence-corrected chi connectivity index (χ0v) is 17.4. The number of ether oxygens (including phenoxy) is 1. The van der Waals surface area contributed by atoms with E-state index in [2.05, 4.69) is 22.8 Å². The highest BCUT2D eigenvalue weighted by molar-refractivity contribution is 7.14. The number of anilines is 2. The highest BCUT2D eigenvalue weighted by Crippen LogP contribution is 2.30. The van der Waals surface area contributed by atoms with Gasteiger partial charge in [0.15, 0.2) is 5.13 Å². The van der Waals surface area contributed by atoms with Crippen molar-refractivity contribution >= 4 is 22.4 Å². The summed E-state index contributed by atoms with van der Waals surface area (Å²) in [6.45, 7) is 1.72. The first-order valence-corrected chi connectivity index (χ1v) is 10.7. The molecule has 5 rings (SSSR count). The van der Waals surface area contributed by atoms with Crippen molar-refractivity contribution in [2.75, 3.05) is 19.0 Å². The smallest absolute Gasteiger partial charge is 0.229 e. The lowest BCUT2D eigenvalue weighted by Crippen LogP contribution is -2.26. The van der Waals surface area contributed by atoms with Crippen molar-refractivity contribution in [2.45, 2.75) is 13.0 Å². The minimum absolute atomic E-state index is 0.588. The number of hydrogen-bond donors (Lipinski definition) is 2. The molecule has 30 heavy (non-hydrogen) atoms. The van der Waals surface area contributed by atoms with Gasteiger partial charge in [-0.25, -0.2) is 15.0 Å². The molecular weight excluding hydrogens is 394 g/mol. The summed E-state index contributed by atoms with van der Waals surface area (Å²) in [6.07, 6.45) is 0.890. The maximum Gasteiger partial charge on any atom is 0.229 e. The van der Waals surface area contributed by atoms with Gasteiger partial charge in [0.05, 0.1) is 24.2 Å². The molecule has 0 atom stereocenters. The summed E-state index contributed by atoms with van der Waals surface area (Å²) >= 11 is 1.54. The van der Waals surface area contributed by atoms with E-state index >= 15 is 0 Å². The van der Waals surface area contributed by atoms with Gasteiger partial charge in [-0.3, -0.25) is 0 Å². The van der Waals surface area contributed by atoms with Gasteiger partial charge in [0.1, 0.15) is 5.75 Å². The topological polar surface area (TPSA) is 72.0 Å². The lowest BCUT2D eigenvalue weighted by molar-refractivity contribution is 0.415. The Labute approximate surface area is 179 Å². The lowest BCUT2D eigenvalue weighted by Gasteiger charge is -2.20. The first-order chi connectivity index (χ1) is 14.8. The molecule has 3 heterocycles. The molecule has 0 aliphatic carbocycles. The van der Waals surface area contributed by atoms with Crippen LogP contribution in [0, 0.1) is 0 Å². The van der Waals surface area contributed by atoms with E-state index in [0.717, 1.165) is 58.6 Å². The second-order valence-corrected chi connectivity index (χ2v) is 7.86. The number of nitrogens with zero attached hydrogens (tertiary/aromatic N) is 3. The molecule has 0 radical (unpaired) electrons. The van der Waals surface area contributed by atoms with Gasteiger partial charge in [0.25, 0.3) is 0 Å². The number of fused-ring (bicyclic) bond motifs is 1. The number of benzene rings is 2. The normalized spacial score (nSPS) is 13.0. The Kier molecular flexibility index (Phi) is 5.13. The van der Waals surface area contributed by atoms with Gasteiger partial charge in [-0.15, -0.1) is 11.3 Å². The third-order valence-corrected chi connectivity index (χ3v) is 5.85. The van der Waals surface area contributed by atoms with Crippen molar-refractivity contribution in [2.24, 2.45) is 0 Å². The van der Waals surface area contributed by atoms with Crippen LogP contribution in [0.2, 0.25) is 0 Å². The van der Waals surface area contributed by atoms with Crippen molar-refractivity contribution in [3.8, 4) is 28.3 Å². The molecule has 1 aliphatic heterocycles. The molecule has 0 fully saturated rings. The molecule has 0 amide bonds. The second-order valence-electron chi connectivity index (χ2n) is 7.01. The van der Waals surface area contributed by atoms with Gasteiger partial charge in [-0.2, -0.15) is 0 Å². The highest BCUT2D eigenvalue weighted by atomic mass is 32.1. The molecule has 2 N–H and O–H groups in total. The molecule has 0 spiro atoms. The zero-order chi connectivity index (χ0) is 20.3. The van der Waals surface area contributed by atoms with Crippen LogP contribution in [0.15, 0.2) is 60.0 Å². The molecular formula is C23H21N5OS. The lowest BCUT2D eigenvalue weighted by atomic mass is 10.0. The molecule has 150 valence electrons. The monoisotopic (exact) mass is 415 g/mol. The molecule has 0 bridgehead atoms. The fourth-order valence-electron chi connectivity index (χ4n) is 3.55. The van der Waals surface area contributed by atoms with Crippen LogP contribution in [0.1, 0.15) is 11.3 Å².